The number of hydrogen-bond acceptors (Lipinski definition) is 5. The van der Waals surface area contributed by atoms with E-state index in [1.807, 2.05) is 18.2 Å². The van der Waals surface area contributed by atoms with Crippen molar-refractivity contribution in [2.45, 2.75) is 13.0 Å². The lowest BCUT2D eigenvalue weighted by Crippen LogP contribution is -2.22. The smallest absolute Gasteiger partial charge is 0.248 e. The number of amides is 2. The topological polar surface area (TPSA) is 103 Å². The van der Waals surface area contributed by atoms with Crippen LogP contribution < -0.4 is 20.5 Å². The van der Waals surface area contributed by atoms with Crippen molar-refractivity contribution in [3.05, 3.63) is 76.3 Å². The SMILES string of the molecule is COc1cc2c(c(OC)c1-c1ccc(Cl)cc1)C(c1cccc(C(N)=O)c1)=NC(C)C(=O)N2. The number of primary amides is 1. The van der Waals surface area contributed by atoms with Gasteiger partial charge in [0.2, 0.25) is 11.8 Å². The molecular weight excluding hydrogens is 442 g/mol. The highest BCUT2D eigenvalue weighted by Gasteiger charge is 2.30. The maximum atomic E-state index is 12.7. The van der Waals surface area contributed by atoms with Gasteiger partial charge in [0, 0.05) is 22.2 Å². The number of benzodiazepines with no additional fused rings is 1. The van der Waals surface area contributed by atoms with E-state index in [4.69, 9.17) is 31.8 Å². The summed E-state index contributed by atoms with van der Waals surface area (Å²) < 4.78 is 11.6. The Hall–Kier alpha value is -3.84. The first kappa shape index (κ1) is 22.4. The Labute approximate surface area is 196 Å². The van der Waals surface area contributed by atoms with Crippen molar-refractivity contribution in [2.24, 2.45) is 10.7 Å². The maximum Gasteiger partial charge on any atom is 0.248 e. The molecule has 7 nitrogen and oxygen atoms in total. The summed E-state index contributed by atoms with van der Waals surface area (Å²) in [6.45, 7) is 1.70. The maximum absolute atomic E-state index is 12.7. The van der Waals surface area contributed by atoms with Gasteiger partial charge < -0.3 is 20.5 Å². The van der Waals surface area contributed by atoms with Gasteiger partial charge in [-0.25, -0.2) is 0 Å². The summed E-state index contributed by atoms with van der Waals surface area (Å²) in [6, 6.07) is 15.1. The zero-order valence-electron chi connectivity index (χ0n) is 18.3. The molecule has 0 fully saturated rings. The monoisotopic (exact) mass is 463 g/mol. The number of ether oxygens (including phenoxy) is 2. The van der Waals surface area contributed by atoms with Crippen LogP contribution in [0.3, 0.4) is 0 Å². The van der Waals surface area contributed by atoms with Crippen molar-refractivity contribution in [3.8, 4) is 22.6 Å². The highest BCUT2D eigenvalue weighted by atomic mass is 35.5. The molecule has 3 N–H and O–H groups in total. The van der Waals surface area contributed by atoms with Crippen LogP contribution in [0.1, 0.15) is 28.4 Å². The minimum absolute atomic E-state index is 0.277. The molecule has 0 aliphatic carbocycles. The normalized spacial score (nSPS) is 15.1. The summed E-state index contributed by atoms with van der Waals surface area (Å²) in [5, 5.41) is 3.52. The van der Waals surface area contributed by atoms with Gasteiger partial charge >= 0.3 is 0 Å². The van der Waals surface area contributed by atoms with Crippen molar-refractivity contribution in [1.29, 1.82) is 0 Å². The predicted octanol–water partition coefficient (Wildman–Crippen LogP) is 4.30. The fraction of sp³-hybridized carbons (Fsp3) is 0.160. The second-order valence-electron chi connectivity index (χ2n) is 7.50. The Kier molecular flexibility index (Phi) is 6.07. The molecule has 1 aliphatic heterocycles. The third-order valence-electron chi connectivity index (χ3n) is 5.42. The third-order valence-corrected chi connectivity index (χ3v) is 5.67. The van der Waals surface area contributed by atoms with E-state index in [1.165, 1.54) is 0 Å². The number of carbonyl (C=O) groups excluding carboxylic acids is 2. The van der Waals surface area contributed by atoms with E-state index in [1.54, 1.807) is 57.5 Å². The Morgan fingerprint density at radius 1 is 1.03 bits per heavy atom. The Morgan fingerprint density at radius 2 is 1.76 bits per heavy atom. The molecule has 3 aromatic carbocycles. The molecule has 33 heavy (non-hydrogen) atoms. The van der Waals surface area contributed by atoms with Gasteiger partial charge in [-0.3, -0.25) is 14.6 Å². The summed E-state index contributed by atoms with van der Waals surface area (Å²) in [4.78, 5) is 29.2. The number of rotatable bonds is 5. The number of benzene rings is 3. The molecule has 1 unspecified atom stereocenters. The summed E-state index contributed by atoms with van der Waals surface area (Å²) in [5.74, 6) is 0.134. The molecule has 2 amide bonds. The summed E-state index contributed by atoms with van der Waals surface area (Å²) in [6.07, 6.45) is 0. The van der Waals surface area contributed by atoms with Crippen LogP contribution in [-0.2, 0) is 4.79 Å². The van der Waals surface area contributed by atoms with Crippen molar-refractivity contribution >= 4 is 34.8 Å². The van der Waals surface area contributed by atoms with E-state index in [0.717, 1.165) is 5.56 Å². The molecule has 168 valence electrons. The van der Waals surface area contributed by atoms with Gasteiger partial charge in [-0.1, -0.05) is 35.9 Å². The van der Waals surface area contributed by atoms with Crippen molar-refractivity contribution in [2.75, 3.05) is 19.5 Å². The highest BCUT2D eigenvalue weighted by Crippen LogP contribution is 2.46. The van der Waals surface area contributed by atoms with E-state index in [0.29, 0.717) is 50.2 Å². The van der Waals surface area contributed by atoms with Crippen LogP contribution in [0, 0.1) is 0 Å². The second kappa shape index (κ2) is 8.96. The molecule has 1 heterocycles. The number of methoxy groups -OCH3 is 2. The third kappa shape index (κ3) is 4.15. The molecule has 1 atom stereocenters. The van der Waals surface area contributed by atoms with E-state index in [2.05, 4.69) is 5.32 Å². The largest absolute Gasteiger partial charge is 0.496 e. The number of nitrogens with zero attached hydrogens (tertiary/aromatic N) is 1. The average molecular weight is 464 g/mol. The van der Waals surface area contributed by atoms with Gasteiger partial charge in [0.1, 0.15) is 17.5 Å². The van der Waals surface area contributed by atoms with Crippen molar-refractivity contribution in [3.63, 3.8) is 0 Å². The number of halogens is 1. The van der Waals surface area contributed by atoms with Crippen LogP contribution in [0.2, 0.25) is 5.02 Å². The van der Waals surface area contributed by atoms with Gasteiger partial charge in [0.25, 0.3) is 0 Å². The van der Waals surface area contributed by atoms with Gasteiger partial charge in [-0.15, -0.1) is 0 Å². The van der Waals surface area contributed by atoms with Crippen LogP contribution in [0.4, 0.5) is 5.69 Å². The van der Waals surface area contributed by atoms with Crippen LogP contribution in [0.15, 0.2) is 59.6 Å². The second-order valence-corrected chi connectivity index (χ2v) is 7.94. The van der Waals surface area contributed by atoms with E-state index < -0.39 is 11.9 Å². The molecule has 4 rings (SSSR count). The number of hydrogen-bond donors (Lipinski definition) is 2. The molecule has 1 aliphatic rings. The Balaban J connectivity index is 2.06. The van der Waals surface area contributed by atoms with Gasteiger partial charge in [0.15, 0.2) is 0 Å². The summed E-state index contributed by atoms with van der Waals surface area (Å²) in [7, 11) is 3.09. The fourth-order valence-corrected chi connectivity index (χ4v) is 3.94. The lowest BCUT2D eigenvalue weighted by molar-refractivity contribution is -0.116. The Bertz CT molecular complexity index is 1290. The average Bonchev–Trinajstić information content (AvgIpc) is 2.94. The molecule has 0 aromatic heterocycles. The molecule has 0 spiro atoms. The highest BCUT2D eigenvalue weighted by molar-refractivity contribution is 6.30. The lowest BCUT2D eigenvalue weighted by atomic mass is 9.92. The van der Waals surface area contributed by atoms with Gasteiger partial charge in [-0.05, 0) is 36.8 Å². The zero-order chi connectivity index (χ0) is 23.7. The minimum Gasteiger partial charge on any atom is -0.496 e. The zero-order valence-corrected chi connectivity index (χ0v) is 19.1. The molecule has 0 saturated heterocycles. The molecule has 0 saturated carbocycles. The molecule has 0 bridgehead atoms. The number of anilines is 1. The molecule has 3 aromatic rings. The number of carbonyl (C=O) groups is 2. The van der Waals surface area contributed by atoms with Gasteiger partial charge in [0.05, 0.1) is 36.7 Å². The standard InChI is InChI=1S/C25H22ClN3O4/c1-13-25(31)29-18-12-19(32-2)20(14-7-9-17(26)10-8-14)23(33-3)21(18)22(28-13)15-5-4-6-16(11-15)24(27)30/h4-13H,1-3H3,(H2,27,30)(H,29,31). The van der Waals surface area contributed by atoms with Crippen LogP contribution in [-0.4, -0.2) is 37.8 Å². The number of nitrogens with two attached hydrogens (primary N) is 1. The molecule has 8 heteroatoms. The van der Waals surface area contributed by atoms with Crippen molar-refractivity contribution in [1.82, 2.24) is 0 Å². The molecular formula is C25H22ClN3O4. The van der Waals surface area contributed by atoms with Crippen LogP contribution in [0.5, 0.6) is 11.5 Å². The first-order chi connectivity index (χ1) is 15.8. The number of aliphatic imine (C=N–C) groups is 1. The fourth-order valence-electron chi connectivity index (χ4n) is 3.82. The van der Waals surface area contributed by atoms with Gasteiger partial charge in [-0.2, -0.15) is 0 Å². The summed E-state index contributed by atoms with van der Waals surface area (Å²) in [5.41, 5.74) is 9.49. The minimum atomic E-state index is -0.681. The summed E-state index contributed by atoms with van der Waals surface area (Å²) >= 11 is 6.09. The first-order valence-corrected chi connectivity index (χ1v) is 10.6. The predicted molar refractivity (Wildman–Crippen MR) is 129 cm³/mol. The number of nitrogens with one attached hydrogen (secondary N) is 1. The quantitative estimate of drug-likeness (QED) is 0.588. The van der Waals surface area contributed by atoms with E-state index >= 15 is 0 Å². The van der Waals surface area contributed by atoms with Crippen molar-refractivity contribution < 1.29 is 19.1 Å². The van der Waals surface area contributed by atoms with E-state index in [9.17, 15) is 9.59 Å². The first-order valence-electron chi connectivity index (χ1n) is 10.2. The van der Waals surface area contributed by atoms with E-state index in [-0.39, 0.29) is 5.91 Å². The number of fused-ring (bicyclic) bond motifs is 1. The van der Waals surface area contributed by atoms with Crippen LogP contribution in [0.25, 0.3) is 11.1 Å². The lowest BCUT2D eigenvalue weighted by Gasteiger charge is -2.21. The van der Waals surface area contributed by atoms with Crippen LogP contribution >= 0.6 is 11.6 Å². The Morgan fingerprint density at radius 3 is 2.39 bits per heavy atom. The molecule has 0 radical (unpaired) electrons.